The van der Waals surface area contributed by atoms with Gasteiger partial charge in [-0.1, -0.05) is 13.8 Å². The summed E-state index contributed by atoms with van der Waals surface area (Å²) in [5.74, 6) is 0. The van der Waals surface area contributed by atoms with Crippen LogP contribution in [0.25, 0.3) is 0 Å². The predicted molar refractivity (Wildman–Crippen MR) is 55.8 cm³/mol. The quantitative estimate of drug-likeness (QED) is 0.756. The molecule has 1 heterocycles. The highest BCUT2D eigenvalue weighted by molar-refractivity contribution is 7.10. The summed E-state index contributed by atoms with van der Waals surface area (Å²) >= 11 is 1.86. The van der Waals surface area contributed by atoms with E-state index < -0.39 is 0 Å². The molecule has 0 saturated heterocycles. The molecule has 1 atom stereocenters. The molecule has 1 N–H and O–H groups in total. The minimum atomic E-state index is 0.565. The van der Waals surface area contributed by atoms with E-state index in [-0.39, 0.29) is 0 Å². The molecular weight excluding hydrogens is 166 g/mol. The van der Waals surface area contributed by atoms with Gasteiger partial charge in [0.25, 0.3) is 0 Å². The Labute approximate surface area is 78.8 Å². The van der Waals surface area contributed by atoms with Crippen molar-refractivity contribution in [3.63, 3.8) is 0 Å². The number of hydrogen-bond donors (Lipinski definition) is 1. The maximum Gasteiger partial charge on any atom is 0.0414 e. The highest BCUT2D eigenvalue weighted by Gasteiger charge is 2.10. The van der Waals surface area contributed by atoms with Gasteiger partial charge < -0.3 is 5.32 Å². The smallest absolute Gasteiger partial charge is 0.0414 e. The summed E-state index contributed by atoms with van der Waals surface area (Å²) in [7, 11) is 0. The minimum Gasteiger partial charge on any atom is -0.310 e. The molecule has 1 unspecified atom stereocenters. The zero-order valence-electron chi connectivity index (χ0n) is 8.05. The maximum atomic E-state index is 3.49. The van der Waals surface area contributed by atoms with Crippen LogP contribution in [0.2, 0.25) is 0 Å². The normalized spacial score (nSPS) is 13.2. The van der Waals surface area contributed by atoms with E-state index in [1.54, 1.807) is 0 Å². The zero-order valence-corrected chi connectivity index (χ0v) is 8.87. The van der Waals surface area contributed by atoms with Crippen LogP contribution in [0.3, 0.4) is 0 Å². The molecule has 0 amide bonds. The number of rotatable bonds is 4. The summed E-state index contributed by atoms with van der Waals surface area (Å²) < 4.78 is 0. The average molecular weight is 183 g/mol. The van der Waals surface area contributed by atoms with E-state index in [0.29, 0.717) is 6.04 Å². The molecule has 0 spiro atoms. The van der Waals surface area contributed by atoms with Crippen LogP contribution in [-0.4, -0.2) is 6.54 Å². The topological polar surface area (TPSA) is 12.0 Å². The molecule has 2 heteroatoms. The van der Waals surface area contributed by atoms with Gasteiger partial charge in [-0.05, 0) is 36.9 Å². The first kappa shape index (κ1) is 9.75. The summed E-state index contributed by atoms with van der Waals surface area (Å²) in [5, 5.41) is 5.66. The lowest BCUT2D eigenvalue weighted by molar-refractivity contribution is 0.543. The fourth-order valence-electron chi connectivity index (χ4n) is 1.41. The van der Waals surface area contributed by atoms with Crippen LogP contribution in [-0.2, 0) is 0 Å². The Morgan fingerprint density at radius 3 is 2.67 bits per heavy atom. The minimum absolute atomic E-state index is 0.565. The van der Waals surface area contributed by atoms with E-state index in [2.05, 4.69) is 37.5 Å². The van der Waals surface area contributed by atoms with Crippen molar-refractivity contribution in [2.75, 3.05) is 6.54 Å². The first-order chi connectivity index (χ1) is 5.79. The molecule has 1 nitrogen and oxygen atoms in total. The average Bonchev–Trinajstić information content (AvgIpc) is 2.47. The van der Waals surface area contributed by atoms with Crippen molar-refractivity contribution in [3.05, 3.63) is 21.9 Å². The molecule has 0 radical (unpaired) electrons. The molecule has 68 valence electrons. The first-order valence-electron chi connectivity index (χ1n) is 4.57. The Balaban J connectivity index is 2.72. The summed E-state index contributed by atoms with van der Waals surface area (Å²) in [6.45, 7) is 7.62. The van der Waals surface area contributed by atoms with Gasteiger partial charge >= 0.3 is 0 Å². The third-order valence-electron chi connectivity index (χ3n) is 2.08. The van der Waals surface area contributed by atoms with Crippen LogP contribution in [0.4, 0.5) is 0 Å². The monoisotopic (exact) mass is 183 g/mol. The van der Waals surface area contributed by atoms with E-state index >= 15 is 0 Å². The summed E-state index contributed by atoms with van der Waals surface area (Å²) in [4.78, 5) is 1.50. The second kappa shape index (κ2) is 4.63. The first-order valence-corrected chi connectivity index (χ1v) is 5.44. The van der Waals surface area contributed by atoms with E-state index in [4.69, 9.17) is 0 Å². The van der Waals surface area contributed by atoms with Crippen molar-refractivity contribution in [2.45, 2.75) is 33.2 Å². The van der Waals surface area contributed by atoms with Gasteiger partial charge in [-0.2, -0.15) is 0 Å². The standard InChI is InChI=1S/C10H17NS/c1-4-9(11-5-2)10-8(3)6-7-12-10/h6-7,9,11H,4-5H2,1-3H3. The second-order valence-electron chi connectivity index (χ2n) is 2.99. The summed E-state index contributed by atoms with van der Waals surface area (Å²) in [5.41, 5.74) is 1.42. The van der Waals surface area contributed by atoms with Crippen molar-refractivity contribution in [1.82, 2.24) is 5.32 Å². The SMILES string of the molecule is CCNC(CC)c1sccc1C. The lowest BCUT2D eigenvalue weighted by atomic mass is 10.1. The molecule has 12 heavy (non-hydrogen) atoms. The second-order valence-corrected chi connectivity index (χ2v) is 3.93. The van der Waals surface area contributed by atoms with Crippen LogP contribution in [0.5, 0.6) is 0 Å². The third-order valence-corrected chi connectivity index (χ3v) is 3.21. The number of hydrogen-bond acceptors (Lipinski definition) is 2. The lowest BCUT2D eigenvalue weighted by Crippen LogP contribution is -2.19. The summed E-state index contributed by atoms with van der Waals surface area (Å²) in [6.07, 6.45) is 1.18. The Morgan fingerprint density at radius 2 is 2.25 bits per heavy atom. The number of nitrogens with one attached hydrogen (secondary N) is 1. The van der Waals surface area contributed by atoms with Crippen molar-refractivity contribution in [3.8, 4) is 0 Å². The molecule has 0 fully saturated rings. The van der Waals surface area contributed by atoms with Crippen molar-refractivity contribution >= 4 is 11.3 Å². The Morgan fingerprint density at radius 1 is 1.50 bits per heavy atom. The van der Waals surface area contributed by atoms with E-state index in [0.717, 1.165) is 6.54 Å². The number of aryl methyl sites for hydroxylation is 1. The van der Waals surface area contributed by atoms with Gasteiger partial charge in [0, 0.05) is 10.9 Å². The molecule has 0 aliphatic rings. The molecule has 1 aromatic heterocycles. The molecule has 0 bridgehead atoms. The van der Waals surface area contributed by atoms with Crippen LogP contribution < -0.4 is 5.32 Å². The third kappa shape index (κ3) is 2.08. The number of thiophene rings is 1. The maximum absolute atomic E-state index is 3.49. The Hall–Kier alpha value is -0.340. The van der Waals surface area contributed by atoms with Crippen LogP contribution in [0.15, 0.2) is 11.4 Å². The highest BCUT2D eigenvalue weighted by atomic mass is 32.1. The molecule has 0 aliphatic heterocycles. The van der Waals surface area contributed by atoms with Gasteiger partial charge in [0.05, 0.1) is 0 Å². The van der Waals surface area contributed by atoms with Crippen LogP contribution in [0.1, 0.15) is 36.8 Å². The Kier molecular flexibility index (Phi) is 3.76. The van der Waals surface area contributed by atoms with E-state index in [1.165, 1.54) is 16.9 Å². The van der Waals surface area contributed by atoms with Gasteiger partial charge in [0.1, 0.15) is 0 Å². The molecule has 0 saturated carbocycles. The Bertz CT molecular complexity index is 229. The molecule has 0 aromatic carbocycles. The molecule has 1 aromatic rings. The highest BCUT2D eigenvalue weighted by Crippen LogP contribution is 2.25. The van der Waals surface area contributed by atoms with E-state index in [1.807, 2.05) is 11.3 Å². The largest absolute Gasteiger partial charge is 0.310 e. The van der Waals surface area contributed by atoms with Gasteiger partial charge in [-0.15, -0.1) is 11.3 Å². The van der Waals surface area contributed by atoms with Crippen LogP contribution >= 0.6 is 11.3 Å². The van der Waals surface area contributed by atoms with Gasteiger partial charge in [0.2, 0.25) is 0 Å². The zero-order chi connectivity index (χ0) is 8.97. The summed E-state index contributed by atoms with van der Waals surface area (Å²) in [6, 6.07) is 2.76. The predicted octanol–water partition coefficient (Wildman–Crippen LogP) is 3.12. The van der Waals surface area contributed by atoms with Crippen molar-refractivity contribution in [2.24, 2.45) is 0 Å². The molecule has 0 aliphatic carbocycles. The molecule has 1 rings (SSSR count). The lowest BCUT2D eigenvalue weighted by Gasteiger charge is -2.14. The fourth-order valence-corrected chi connectivity index (χ4v) is 2.50. The van der Waals surface area contributed by atoms with Gasteiger partial charge in [0.15, 0.2) is 0 Å². The molecular formula is C10H17NS. The van der Waals surface area contributed by atoms with Crippen LogP contribution in [0, 0.1) is 6.92 Å². The van der Waals surface area contributed by atoms with Gasteiger partial charge in [-0.3, -0.25) is 0 Å². The fraction of sp³-hybridized carbons (Fsp3) is 0.600. The van der Waals surface area contributed by atoms with Gasteiger partial charge in [-0.25, -0.2) is 0 Å². The van der Waals surface area contributed by atoms with Crippen molar-refractivity contribution < 1.29 is 0 Å². The van der Waals surface area contributed by atoms with E-state index in [9.17, 15) is 0 Å². The van der Waals surface area contributed by atoms with Crippen molar-refractivity contribution in [1.29, 1.82) is 0 Å².